The number of rotatable bonds is 2. The summed E-state index contributed by atoms with van der Waals surface area (Å²) < 4.78 is 6.22. The Bertz CT molecular complexity index is 1580. The second-order valence-corrected chi connectivity index (χ2v) is 10.1. The maximum atomic E-state index is 6.75. The van der Waals surface area contributed by atoms with Gasteiger partial charge in [-0.3, -0.25) is 0 Å². The predicted molar refractivity (Wildman–Crippen MR) is 138 cm³/mol. The molecule has 35 heavy (non-hydrogen) atoms. The number of piperidine rings is 1. The quantitative estimate of drug-likeness (QED) is 0.369. The lowest BCUT2D eigenvalue weighted by molar-refractivity contribution is 0.187. The molecule has 1 fully saturated rings. The Labute approximate surface area is 203 Å². The van der Waals surface area contributed by atoms with Crippen molar-refractivity contribution in [3.63, 3.8) is 0 Å². The van der Waals surface area contributed by atoms with Gasteiger partial charge in [0.15, 0.2) is 0 Å². The first-order valence-corrected chi connectivity index (χ1v) is 12.3. The van der Waals surface area contributed by atoms with Gasteiger partial charge in [0.05, 0.1) is 6.20 Å². The third-order valence-electron chi connectivity index (χ3n) is 8.12. The van der Waals surface area contributed by atoms with Gasteiger partial charge in [-0.25, -0.2) is 9.97 Å². The molecule has 0 bridgehead atoms. The summed E-state index contributed by atoms with van der Waals surface area (Å²) in [6.07, 6.45) is 4.91. The van der Waals surface area contributed by atoms with Gasteiger partial charge in [-0.1, -0.05) is 60.7 Å². The van der Waals surface area contributed by atoms with Crippen molar-refractivity contribution in [2.75, 3.05) is 18.0 Å². The summed E-state index contributed by atoms with van der Waals surface area (Å²) in [5.41, 5.74) is 13.0. The van der Waals surface area contributed by atoms with E-state index in [-0.39, 0.29) is 11.5 Å². The summed E-state index contributed by atoms with van der Waals surface area (Å²) in [5, 5.41) is 2.29. The van der Waals surface area contributed by atoms with Gasteiger partial charge < -0.3 is 15.1 Å². The van der Waals surface area contributed by atoms with Crippen LogP contribution in [0.5, 0.6) is 0 Å². The molecule has 5 aromatic rings. The minimum absolute atomic E-state index is 0.102. The maximum Gasteiger partial charge on any atom is 0.252 e. The van der Waals surface area contributed by atoms with Crippen LogP contribution in [0.4, 0.5) is 5.95 Å². The average Bonchev–Trinajstić information content (AvgIpc) is 3.43. The van der Waals surface area contributed by atoms with E-state index in [1.54, 1.807) is 6.20 Å². The van der Waals surface area contributed by atoms with Crippen LogP contribution >= 0.6 is 0 Å². The van der Waals surface area contributed by atoms with E-state index in [9.17, 15) is 0 Å². The van der Waals surface area contributed by atoms with Crippen LogP contribution in [0.2, 0.25) is 0 Å². The molecule has 7 rings (SSSR count). The number of nitrogens with zero attached hydrogens (tertiary/aromatic N) is 4. The molecule has 1 atom stereocenters. The molecule has 2 aromatic heterocycles. The number of aromatic nitrogens is 3. The Morgan fingerprint density at radius 2 is 1.77 bits per heavy atom. The second-order valence-electron chi connectivity index (χ2n) is 10.1. The fraction of sp³-hybridized carbons (Fsp3) is 0.276. The topological polar surface area (TPSA) is 81.1 Å². The molecule has 3 aromatic carbocycles. The minimum atomic E-state index is 0.102. The normalized spacial score (nSPS) is 19.0. The van der Waals surface area contributed by atoms with Crippen LogP contribution in [0.1, 0.15) is 35.6 Å². The molecular weight excluding hydrogens is 434 g/mol. The van der Waals surface area contributed by atoms with Crippen LogP contribution < -0.4 is 10.6 Å². The number of hydrogen-bond donors (Lipinski definition) is 1. The molecule has 0 saturated carbocycles. The molecule has 6 heteroatoms. The number of benzene rings is 3. The fourth-order valence-electron chi connectivity index (χ4n) is 6.11. The molecule has 1 aliphatic carbocycles. The van der Waals surface area contributed by atoms with Crippen molar-refractivity contribution in [3.05, 3.63) is 83.6 Å². The minimum Gasteiger partial charge on any atom is -0.417 e. The largest absolute Gasteiger partial charge is 0.417 e. The van der Waals surface area contributed by atoms with Crippen LogP contribution in [0.25, 0.3) is 33.5 Å². The summed E-state index contributed by atoms with van der Waals surface area (Å²) in [6, 6.07) is 21.3. The molecule has 2 N–H and O–H groups in total. The fourth-order valence-corrected chi connectivity index (χ4v) is 6.11. The van der Waals surface area contributed by atoms with Crippen LogP contribution in [-0.2, 0) is 6.42 Å². The van der Waals surface area contributed by atoms with E-state index in [0.717, 1.165) is 54.3 Å². The molecule has 6 nitrogen and oxygen atoms in total. The lowest BCUT2D eigenvalue weighted by Crippen LogP contribution is -2.44. The number of aryl methyl sites for hydroxylation is 1. The molecule has 3 heterocycles. The Hall–Kier alpha value is -3.77. The van der Waals surface area contributed by atoms with Crippen molar-refractivity contribution in [1.82, 2.24) is 15.0 Å². The molecule has 1 spiro atoms. The van der Waals surface area contributed by atoms with Crippen molar-refractivity contribution < 1.29 is 4.42 Å². The summed E-state index contributed by atoms with van der Waals surface area (Å²) >= 11 is 0. The molecule has 0 unspecified atom stereocenters. The highest BCUT2D eigenvalue weighted by molar-refractivity contribution is 5.97. The van der Waals surface area contributed by atoms with Gasteiger partial charge in [0, 0.05) is 24.7 Å². The standard InChI is InChI=1S/C29H27N5O/c1-18-10-11-19-6-2-4-8-21(19)24(18)27-32-23-17-31-28(33-26(23)35-27)34-14-12-29(13-15-34)16-20-7-3-5-9-22(20)25(29)30/h2-11,17,25H,12-16,30H2,1H3/t25-/m1/s1. The summed E-state index contributed by atoms with van der Waals surface area (Å²) in [6.45, 7) is 3.86. The van der Waals surface area contributed by atoms with E-state index in [0.29, 0.717) is 23.1 Å². The number of nitrogens with two attached hydrogens (primary N) is 1. The van der Waals surface area contributed by atoms with Gasteiger partial charge >= 0.3 is 0 Å². The summed E-state index contributed by atoms with van der Waals surface area (Å²) in [7, 11) is 0. The van der Waals surface area contributed by atoms with Gasteiger partial charge in [-0.05, 0) is 59.1 Å². The molecule has 2 aliphatic rings. The highest BCUT2D eigenvalue weighted by atomic mass is 16.4. The zero-order valence-corrected chi connectivity index (χ0v) is 19.7. The van der Waals surface area contributed by atoms with Gasteiger partial charge in [-0.15, -0.1) is 0 Å². The first-order valence-electron chi connectivity index (χ1n) is 12.3. The molecular formula is C29H27N5O. The first-order chi connectivity index (χ1) is 17.1. The maximum absolute atomic E-state index is 6.75. The third-order valence-corrected chi connectivity index (χ3v) is 8.12. The number of hydrogen-bond acceptors (Lipinski definition) is 6. The highest BCUT2D eigenvalue weighted by Gasteiger charge is 2.46. The van der Waals surface area contributed by atoms with E-state index >= 15 is 0 Å². The van der Waals surface area contributed by atoms with Gasteiger partial charge in [0.1, 0.15) is 5.52 Å². The Morgan fingerprint density at radius 3 is 2.63 bits per heavy atom. The van der Waals surface area contributed by atoms with Crippen molar-refractivity contribution in [2.24, 2.45) is 11.1 Å². The Balaban J connectivity index is 1.17. The predicted octanol–water partition coefficient (Wildman–Crippen LogP) is 5.59. The van der Waals surface area contributed by atoms with Crippen LogP contribution in [0, 0.1) is 12.3 Å². The van der Waals surface area contributed by atoms with E-state index < -0.39 is 0 Å². The van der Waals surface area contributed by atoms with E-state index in [1.165, 1.54) is 11.1 Å². The lowest BCUT2D eigenvalue weighted by atomic mass is 9.73. The number of anilines is 1. The zero-order chi connectivity index (χ0) is 23.6. The van der Waals surface area contributed by atoms with Gasteiger partial charge in [0.2, 0.25) is 11.8 Å². The molecule has 0 amide bonds. The van der Waals surface area contributed by atoms with Gasteiger partial charge in [-0.2, -0.15) is 4.98 Å². The first kappa shape index (κ1) is 20.6. The lowest BCUT2D eigenvalue weighted by Gasteiger charge is -2.42. The second kappa shape index (κ2) is 7.62. The zero-order valence-electron chi connectivity index (χ0n) is 19.7. The Morgan fingerprint density at radius 1 is 0.971 bits per heavy atom. The van der Waals surface area contributed by atoms with Gasteiger partial charge in [0.25, 0.3) is 5.71 Å². The molecule has 0 radical (unpaired) electrons. The van der Waals surface area contributed by atoms with Crippen LogP contribution in [-0.4, -0.2) is 28.0 Å². The number of oxazole rings is 1. The third kappa shape index (κ3) is 3.17. The molecule has 1 saturated heterocycles. The van der Waals surface area contributed by atoms with E-state index in [1.807, 2.05) is 12.1 Å². The average molecular weight is 462 g/mol. The molecule has 1 aliphatic heterocycles. The van der Waals surface area contributed by atoms with E-state index in [2.05, 4.69) is 65.3 Å². The van der Waals surface area contributed by atoms with Crippen LogP contribution in [0.15, 0.2) is 71.3 Å². The van der Waals surface area contributed by atoms with Crippen molar-refractivity contribution in [1.29, 1.82) is 0 Å². The molecule has 174 valence electrons. The highest BCUT2D eigenvalue weighted by Crippen LogP contribution is 2.50. The van der Waals surface area contributed by atoms with Crippen molar-refractivity contribution in [3.8, 4) is 11.5 Å². The monoisotopic (exact) mass is 461 g/mol. The van der Waals surface area contributed by atoms with Crippen molar-refractivity contribution >= 4 is 28.0 Å². The summed E-state index contributed by atoms with van der Waals surface area (Å²) in [4.78, 5) is 16.4. The smallest absolute Gasteiger partial charge is 0.252 e. The van der Waals surface area contributed by atoms with Crippen molar-refractivity contribution in [2.45, 2.75) is 32.2 Å². The summed E-state index contributed by atoms with van der Waals surface area (Å²) in [5.74, 6) is 1.29. The number of fused-ring (bicyclic) bond motifs is 3. The SMILES string of the molecule is Cc1ccc2ccccc2c1-c1nc2cnc(N3CCC4(CC3)Cc3ccccc3[C@H]4N)nc2o1. The Kier molecular flexibility index (Phi) is 4.48. The van der Waals surface area contributed by atoms with Crippen LogP contribution in [0.3, 0.4) is 0 Å². The van der Waals surface area contributed by atoms with E-state index in [4.69, 9.17) is 20.1 Å².